The molecule has 5 heteroatoms. The predicted molar refractivity (Wildman–Crippen MR) is 31.6 cm³/mol. The quantitative estimate of drug-likeness (QED) is 0.450. The molecule has 0 aromatic rings. The third-order valence-corrected chi connectivity index (χ3v) is 1.48. The fraction of sp³-hybridized carbons (Fsp3) is 0.250. The second-order valence-electron chi connectivity index (χ2n) is 1.25. The largest absolute Gasteiger partial charge is 0.360 e. The third kappa shape index (κ3) is 1.44. The second kappa shape index (κ2) is 2.51. The molecule has 1 aliphatic rings. The van der Waals surface area contributed by atoms with Crippen molar-refractivity contribution in [3.8, 4) is 6.26 Å². The molecule has 0 unspecified atom stereocenters. The summed E-state index contributed by atoms with van der Waals surface area (Å²) in [6.07, 6.45) is 1.43. The summed E-state index contributed by atoms with van der Waals surface area (Å²) in [4.78, 5) is 13.7. The van der Waals surface area contributed by atoms with Crippen molar-refractivity contribution in [2.45, 2.75) is 0 Å². The van der Waals surface area contributed by atoms with Gasteiger partial charge in [0.2, 0.25) is 0 Å². The molecule has 9 heavy (non-hydrogen) atoms. The summed E-state index contributed by atoms with van der Waals surface area (Å²) in [6.45, 7) is 0. The molecule has 0 aromatic heterocycles. The smallest absolute Gasteiger partial charge is 0.294 e. The van der Waals surface area contributed by atoms with Crippen molar-refractivity contribution in [2.24, 2.45) is 4.99 Å². The number of ether oxygens (including phenoxy) is 1. The van der Waals surface area contributed by atoms with Gasteiger partial charge in [-0.1, -0.05) is 11.8 Å². The Morgan fingerprint density at radius 3 is 3.11 bits per heavy atom. The molecule has 46 valence electrons. The van der Waals surface area contributed by atoms with Gasteiger partial charge in [0.05, 0.1) is 5.75 Å². The Morgan fingerprint density at radius 2 is 2.67 bits per heavy atom. The maximum atomic E-state index is 10.3. The molecular weight excluding hydrogens is 140 g/mol. The van der Waals surface area contributed by atoms with Crippen molar-refractivity contribution in [1.29, 1.82) is 5.26 Å². The van der Waals surface area contributed by atoms with Gasteiger partial charge >= 0.3 is 0 Å². The van der Waals surface area contributed by atoms with Gasteiger partial charge in [-0.15, -0.1) is 5.26 Å². The van der Waals surface area contributed by atoms with Crippen LogP contribution in [0.3, 0.4) is 0 Å². The van der Waals surface area contributed by atoms with Gasteiger partial charge in [-0.2, -0.15) is 4.99 Å². The lowest BCUT2D eigenvalue weighted by molar-refractivity contribution is -0.115. The van der Waals surface area contributed by atoms with Crippen molar-refractivity contribution in [2.75, 3.05) is 5.75 Å². The number of thioether (sulfide) groups is 1. The Kier molecular flexibility index (Phi) is 1.70. The van der Waals surface area contributed by atoms with Crippen LogP contribution in [0.5, 0.6) is 0 Å². The van der Waals surface area contributed by atoms with Crippen molar-refractivity contribution < 1.29 is 9.53 Å². The first-order chi connectivity index (χ1) is 4.33. The van der Waals surface area contributed by atoms with Crippen LogP contribution in [0.15, 0.2) is 4.99 Å². The van der Waals surface area contributed by atoms with E-state index in [0.717, 1.165) is 11.8 Å². The number of carbonyl (C=O) groups excluding carboxylic acids is 1. The average Bonchev–Trinajstić information content (AvgIpc) is 2.17. The van der Waals surface area contributed by atoms with E-state index in [1.54, 1.807) is 0 Å². The maximum absolute atomic E-state index is 10.3. The zero-order valence-corrected chi connectivity index (χ0v) is 5.14. The minimum atomic E-state index is -0.245. The average molecular weight is 142 g/mol. The number of nitriles is 1. The molecule has 1 rings (SSSR count). The molecule has 0 aromatic carbocycles. The summed E-state index contributed by atoms with van der Waals surface area (Å²) in [5, 5.41) is 8.09. The predicted octanol–water partition coefficient (Wildman–Crippen LogP) is 0.113. The van der Waals surface area contributed by atoms with Crippen LogP contribution in [-0.2, 0) is 9.53 Å². The van der Waals surface area contributed by atoms with E-state index in [4.69, 9.17) is 5.26 Å². The monoisotopic (exact) mass is 142 g/mol. The van der Waals surface area contributed by atoms with Crippen molar-refractivity contribution in [3.63, 3.8) is 0 Å². The van der Waals surface area contributed by atoms with Crippen molar-refractivity contribution in [1.82, 2.24) is 0 Å². The molecule has 0 spiro atoms. The van der Waals surface area contributed by atoms with Crippen LogP contribution in [0.25, 0.3) is 0 Å². The van der Waals surface area contributed by atoms with E-state index < -0.39 is 0 Å². The first-order valence-electron chi connectivity index (χ1n) is 2.13. The van der Waals surface area contributed by atoms with Gasteiger partial charge in [-0.3, -0.25) is 4.79 Å². The molecule has 0 radical (unpaired) electrons. The Labute approximate surface area is 55.5 Å². The number of rotatable bonds is 0. The molecular formula is C4H2N2O2S. The van der Waals surface area contributed by atoms with Crippen LogP contribution < -0.4 is 0 Å². The zero-order chi connectivity index (χ0) is 6.69. The minimum Gasteiger partial charge on any atom is -0.360 e. The highest BCUT2D eigenvalue weighted by atomic mass is 32.2. The van der Waals surface area contributed by atoms with Gasteiger partial charge in [0.25, 0.3) is 17.4 Å². The highest BCUT2D eigenvalue weighted by Gasteiger charge is 2.15. The topological polar surface area (TPSA) is 62.4 Å². The van der Waals surface area contributed by atoms with Gasteiger partial charge in [0, 0.05) is 0 Å². The summed E-state index contributed by atoms with van der Waals surface area (Å²) in [5.74, 6) is 0.0436. The Hall–Kier alpha value is -1.02. The lowest BCUT2D eigenvalue weighted by Gasteiger charge is -1.84. The van der Waals surface area contributed by atoms with Crippen LogP contribution in [-0.4, -0.2) is 16.9 Å². The Morgan fingerprint density at radius 1 is 1.89 bits per heavy atom. The summed E-state index contributed by atoms with van der Waals surface area (Å²) in [6, 6.07) is 0. The zero-order valence-electron chi connectivity index (χ0n) is 4.33. The normalized spacial score (nSPS) is 16.8. The molecule has 0 aliphatic carbocycles. The highest BCUT2D eigenvalue weighted by molar-refractivity contribution is 8.14. The third-order valence-electron chi connectivity index (χ3n) is 0.668. The van der Waals surface area contributed by atoms with Gasteiger partial charge in [-0.25, -0.2) is 0 Å². The lowest BCUT2D eigenvalue weighted by Crippen LogP contribution is -1.88. The molecule has 1 amide bonds. The number of carbonyl (C=O) groups is 1. The van der Waals surface area contributed by atoms with Crippen LogP contribution in [0.4, 0.5) is 0 Å². The van der Waals surface area contributed by atoms with E-state index in [9.17, 15) is 4.79 Å². The molecule has 0 bridgehead atoms. The first-order valence-corrected chi connectivity index (χ1v) is 3.12. The second-order valence-corrected chi connectivity index (χ2v) is 2.18. The van der Waals surface area contributed by atoms with Crippen LogP contribution in [0.2, 0.25) is 0 Å². The van der Waals surface area contributed by atoms with Crippen molar-refractivity contribution >= 4 is 22.9 Å². The highest BCUT2D eigenvalue weighted by Crippen LogP contribution is 2.12. The van der Waals surface area contributed by atoms with Gasteiger partial charge in [0.15, 0.2) is 0 Å². The number of aliphatic imine (C=N–C) groups is 1. The molecule has 0 fully saturated rings. The molecule has 1 heterocycles. The van der Waals surface area contributed by atoms with Crippen LogP contribution in [0.1, 0.15) is 0 Å². The van der Waals surface area contributed by atoms with Gasteiger partial charge in [-0.05, 0) is 0 Å². The fourth-order valence-electron chi connectivity index (χ4n) is 0.381. The maximum Gasteiger partial charge on any atom is 0.294 e. The molecule has 1 aliphatic heterocycles. The summed E-state index contributed by atoms with van der Waals surface area (Å²) in [7, 11) is 0. The molecule has 0 N–H and O–H groups in total. The number of hydrogen-bond acceptors (Lipinski definition) is 4. The fourth-order valence-corrected chi connectivity index (χ4v) is 0.955. The summed E-state index contributed by atoms with van der Waals surface area (Å²) in [5.41, 5.74) is 0. The van der Waals surface area contributed by atoms with Crippen LogP contribution >= 0.6 is 11.8 Å². The van der Waals surface area contributed by atoms with E-state index in [-0.39, 0.29) is 16.9 Å². The minimum absolute atomic E-state index is 0.155. The number of nitrogens with zero attached hydrogens (tertiary/aromatic N) is 2. The standard InChI is InChI=1S/C4H2N2O2S/c5-2-8-4-6-3(7)1-9-4/h1H2. The number of hydrogen-bond donors (Lipinski definition) is 0. The Bertz CT molecular complexity index is 205. The van der Waals surface area contributed by atoms with E-state index in [1.807, 2.05) is 0 Å². The molecule has 0 saturated carbocycles. The van der Waals surface area contributed by atoms with Crippen LogP contribution in [0, 0.1) is 11.5 Å². The first kappa shape index (κ1) is 6.11. The van der Waals surface area contributed by atoms with E-state index >= 15 is 0 Å². The number of amides is 1. The van der Waals surface area contributed by atoms with Crippen molar-refractivity contribution in [3.05, 3.63) is 0 Å². The SMILES string of the molecule is N#COC1=NC(=O)CS1. The van der Waals surface area contributed by atoms with E-state index in [2.05, 4.69) is 9.73 Å². The Balaban J connectivity index is 2.54. The summed E-state index contributed by atoms with van der Waals surface area (Å²) >= 11 is 1.13. The lowest BCUT2D eigenvalue weighted by atomic mass is 10.7. The molecule has 0 saturated heterocycles. The summed E-state index contributed by atoms with van der Waals surface area (Å²) < 4.78 is 4.27. The van der Waals surface area contributed by atoms with Gasteiger partial charge in [0.1, 0.15) is 0 Å². The van der Waals surface area contributed by atoms with Gasteiger partial charge < -0.3 is 4.74 Å². The van der Waals surface area contributed by atoms with E-state index in [0.29, 0.717) is 0 Å². The molecule has 4 nitrogen and oxygen atoms in total. The van der Waals surface area contributed by atoms with E-state index in [1.165, 1.54) is 6.26 Å². The molecule has 0 atom stereocenters.